The highest BCUT2D eigenvalue weighted by molar-refractivity contribution is 8.00. The minimum Gasteiger partial charge on any atom is -0.756 e. The van der Waals surface area contributed by atoms with E-state index in [9.17, 15) is 89.1 Å². The second kappa shape index (κ2) is 25.8. The largest absolute Gasteiger partial charge is 0.756 e. The van der Waals surface area contributed by atoms with Crippen LogP contribution in [0.5, 0.6) is 0 Å². The SMILES string of the molecule is CC(=O)N([O-])CCC[C@H](NC(=O)[C@H](CCCN([O-])C(C)=O)NC(=O)[C@@H](N)CCCN([O-])C(C)=O)C(=O)N[C@@H](CO)C(=O)N[C@@H](C(=O)O)[C@H](O)[C@H]1S[C@@H](n2ccc(=O)n(C)c2=O)[C@H](O)[C@H]1O. The number of hydrogen-bond donors (Lipinski definition) is 10. The van der Waals surface area contributed by atoms with Crippen molar-refractivity contribution in [1.29, 1.82) is 0 Å². The van der Waals surface area contributed by atoms with Gasteiger partial charge in [-0.2, -0.15) is 0 Å². The van der Waals surface area contributed by atoms with E-state index in [2.05, 4.69) is 16.0 Å². The molecule has 366 valence electrons. The fraction of sp³-hybridized carbons (Fsp3) is 0.667. The average molecular weight is 948 g/mol. The van der Waals surface area contributed by atoms with Crippen molar-refractivity contribution in [2.45, 2.75) is 118 Å². The lowest BCUT2D eigenvalue weighted by molar-refractivity contribution is -0.146. The lowest BCUT2D eigenvalue weighted by Crippen LogP contribution is -2.61. The van der Waals surface area contributed by atoms with Crippen molar-refractivity contribution < 1.29 is 63.9 Å². The summed E-state index contributed by atoms with van der Waals surface area (Å²) in [7, 11) is 1.14. The number of hydroxylamine groups is 6. The third-order valence-electron chi connectivity index (χ3n) is 10.1. The van der Waals surface area contributed by atoms with Gasteiger partial charge in [-0.05, 0) is 38.5 Å². The lowest BCUT2D eigenvalue weighted by atomic mass is 10.00. The number of aliphatic hydroxyl groups excluding tert-OH is 4. The van der Waals surface area contributed by atoms with Gasteiger partial charge in [-0.3, -0.25) is 47.5 Å². The van der Waals surface area contributed by atoms with Crippen molar-refractivity contribution in [2.24, 2.45) is 12.8 Å². The van der Waals surface area contributed by atoms with E-state index < -0.39 is 144 Å². The zero-order valence-electron chi connectivity index (χ0n) is 35.8. The van der Waals surface area contributed by atoms with Gasteiger partial charge in [0.2, 0.25) is 41.4 Å². The Bertz CT molecular complexity index is 1990. The van der Waals surface area contributed by atoms with E-state index in [1.54, 1.807) is 0 Å². The summed E-state index contributed by atoms with van der Waals surface area (Å²) >= 11 is 0.542. The van der Waals surface area contributed by atoms with E-state index in [0.717, 1.165) is 44.6 Å². The minimum absolute atomic E-state index is 0.0187. The third kappa shape index (κ3) is 16.1. The van der Waals surface area contributed by atoms with Crippen LogP contribution in [0.25, 0.3) is 0 Å². The third-order valence-corrected chi connectivity index (χ3v) is 11.7. The highest BCUT2D eigenvalue weighted by Gasteiger charge is 2.50. The lowest BCUT2D eigenvalue weighted by Gasteiger charge is -2.30. The molecule has 0 aliphatic carbocycles. The smallest absolute Gasteiger partial charge is 0.331 e. The highest BCUT2D eigenvalue weighted by atomic mass is 32.2. The molecule has 2 rings (SSSR count). The van der Waals surface area contributed by atoms with Crippen LogP contribution in [0.1, 0.15) is 64.7 Å². The maximum atomic E-state index is 13.7. The number of carboxylic acids is 1. The van der Waals surface area contributed by atoms with Gasteiger partial charge < -0.3 is 83.3 Å². The molecule has 0 bridgehead atoms. The standard InChI is InChI=1S/C36H55N10O18S/c1-17(48)44(62)12-5-8-20(37)30(55)38-21(9-6-13-45(63)18(2)49)31(56)39-22(10-7-14-46(64)19(3)50)32(57)40-23(16-47)33(58)41-25(35(59)60)26(52)29-27(53)28(54)34(65-29)43-15-11-24(51)42(4)36(43)61/h11,15,20-23,25-29,34,47,52-54H,5-10,12-14,16,37H2,1-4H3,(H,38,55)(H,39,56)(H,40,57)(H,41,58)(H,59,60)/q-3/t20-,21-,22-,23-,25+,26-,27+,28+,29+,34+/m0/s1. The van der Waals surface area contributed by atoms with Gasteiger partial charge in [0.1, 0.15) is 29.6 Å². The number of carboxylic acid groups (broad SMARTS) is 1. The van der Waals surface area contributed by atoms with Crippen molar-refractivity contribution in [1.82, 2.24) is 45.6 Å². The Morgan fingerprint density at radius 3 is 1.62 bits per heavy atom. The van der Waals surface area contributed by atoms with Gasteiger partial charge in [-0.1, -0.05) is 0 Å². The van der Waals surface area contributed by atoms with Crippen molar-refractivity contribution in [3.63, 3.8) is 0 Å². The van der Waals surface area contributed by atoms with E-state index in [1.807, 2.05) is 5.32 Å². The predicted octanol–water partition coefficient (Wildman–Crippen LogP) is -6.03. The van der Waals surface area contributed by atoms with Crippen LogP contribution in [0.4, 0.5) is 0 Å². The van der Waals surface area contributed by atoms with Crippen molar-refractivity contribution in [3.8, 4) is 0 Å². The van der Waals surface area contributed by atoms with Crippen LogP contribution in [0, 0.1) is 15.6 Å². The zero-order valence-corrected chi connectivity index (χ0v) is 36.6. The van der Waals surface area contributed by atoms with E-state index in [0.29, 0.717) is 16.3 Å². The van der Waals surface area contributed by atoms with Crippen LogP contribution < -0.4 is 38.2 Å². The molecule has 10 atom stereocenters. The number of rotatable bonds is 25. The van der Waals surface area contributed by atoms with E-state index >= 15 is 0 Å². The Morgan fingerprint density at radius 2 is 1.17 bits per heavy atom. The molecule has 1 saturated heterocycles. The Balaban J connectivity index is 2.33. The van der Waals surface area contributed by atoms with E-state index in [-0.39, 0.29) is 53.8 Å². The van der Waals surface area contributed by atoms with Gasteiger partial charge in [-0.15, -0.1) is 11.8 Å². The Morgan fingerprint density at radius 1 is 0.738 bits per heavy atom. The van der Waals surface area contributed by atoms with E-state index in [4.69, 9.17) is 5.73 Å². The first kappa shape index (κ1) is 55.6. The second-order valence-electron chi connectivity index (χ2n) is 15.0. The molecular formula is C36H55N10O18S-3. The summed E-state index contributed by atoms with van der Waals surface area (Å²) in [5, 5.41) is 94.2. The zero-order chi connectivity index (χ0) is 49.5. The molecule has 0 saturated carbocycles. The summed E-state index contributed by atoms with van der Waals surface area (Å²) in [5.74, 6) is -9.17. The van der Waals surface area contributed by atoms with Gasteiger partial charge in [0, 0.05) is 59.7 Å². The summed E-state index contributed by atoms with van der Waals surface area (Å²) in [5.41, 5.74) is 4.32. The van der Waals surface area contributed by atoms with Gasteiger partial charge >= 0.3 is 11.7 Å². The maximum Gasteiger partial charge on any atom is 0.331 e. The van der Waals surface area contributed by atoms with Crippen LogP contribution in [0.15, 0.2) is 21.9 Å². The normalized spacial score (nSPS) is 19.6. The Labute approximate surface area is 374 Å². The fourth-order valence-corrected chi connectivity index (χ4v) is 7.78. The van der Waals surface area contributed by atoms with Crippen LogP contribution >= 0.6 is 11.8 Å². The fourth-order valence-electron chi connectivity index (χ4n) is 6.21. The number of nitrogens with zero attached hydrogens (tertiary/aromatic N) is 5. The Kier molecular flexibility index (Phi) is 22.1. The van der Waals surface area contributed by atoms with Gasteiger partial charge in [-0.25, -0.2) is 9.59 Å². The molecule has 29 heteroatoms. The number of thioether (sulfide) groups is 1. The van der Waals surface area contributed by atoms with Crippen LogP contribution in [-0.2, 0) is 45.4 Å². The highest BCUT2D eigenvalue weighted by Crippen LogP contribution is 2.43. The molecular weight excluding hydrogens is 893 g/mol. The topological polar surface area (TPSA) is 435 Å². The van der Waals surface area contributed by atoms with Crippen LogP contribution in [0.2, 0.25) is 0 Å². The molecule has 0 unspecified atom stereocenters. The molecule has 1 aliphatic heterocycles. The number of carbonyl (C=O) groups excluding carboxylic acids is 7. The summed E-state index contributed by atoms with van der Waals surface area (Å²) in [6, 6.07) is -7.98. The molecule has 0 aromatic carbocycles. The first-order chi connectivity index (χ1) is 30.3. The van der Waals surface area contributed by atoms with Gasteiger partial charge in [0.05, 0.1) is 30.1 Å². The number of amides is 7. The van der Waals surface area contributed by atoms with Gasteiger partial charge in [0.15, 0.2) is 6.04 Å². The summed E-state index contributed by atoms with van der Waals surface area (Å²) in [6.07, 6.45) is -6.31. The number of hydrogen-bond acceptors (Lipinski definition) is 19. The predicted molar refractivity (Wildman–Crippen MR) is 225 cm³/mol. The first-order valence-electron chi connectivity index (χ1n) is 20.0. The quantitative estimate of drug-likeness (QED) is 0.0408. The van der Waals surface area contributed by atoms with Crippen LogP contribution in [-0.4, -0.2) is 177 Å². The molecule has 1 fully saturated rings. The number of aliphatic carboxylic acids is 1. The van der Waals surface area contributed by atoms with Crippen molar-refractivity contribution >= 4 is 59.1 Å². The number of nitrogens with one attached hydrogen (secondary N) is 4. The molecule has 2 heterocycles. The molecule has 1 aliphatic rings. The summed E-state index contributed by atoms with van der Waals surface area (Å²) in [4.78, 5) is 125. The van der Waals surface area contributed by atoms with Crippen LogP contribution in [0.3, 0.4) is 0 Å². The van der Waals surface area contributed by atoms with Gasteiger partial charge in [0.25, 0.3) is 5.56 Å². The minimum atomic E-state index is -2.30. The number of aromatic nitrogens is 2. The van der Waals surface area contributed by atoms with Crippen molar-refractivity contribution in [3.05, 3.63) is 48.7 Å². The molecule has 1 aromatic heterocycles. The molecule has 11 N–H and O–H groups in total. The molecule has 0 spiro atoms. The maximum absolute atomic E-state index is 13.7. The molecule has 1 aromatic rings. The number of nitrogens with two attached hydrogens (primary N) is 1. The Hall–Kier alpha value is -5.53. The first-order valence-corrected chi connectivity index (χ1v) is 20.9. The second-order valence-corrected chi connectivity index (χ2v) is 16.3. The summed E-state index contributed by atoms with van der Waals surface area (Å²) in [6.45, 7) is 0.505. The van der Waals surface area contributed by atoms with E-state index in [1.165, 1.54) is 0 Å². The number of carbonyl (C=O) groups is 8. The summed E-state index contributed by atoms with van der Waals surface area (Å²) < 4.78 is 1.56. The van der Waals surface area contributed by atoms with Crippen molar-refractivity contribution in [2.75, 3.05) is 26.2 Å². The number of aliphatic hydroxyl groups is 4. The average Bonchev–Trinajstić information content (AvgIpc) is 3.54. The molecule has 0 radical (unpaired) electrons. The molecule has 7 amide bonds. The monoisotopic (exact) mass is 947 g/mol. The molecule has 28 nitrogen and oxygen atoms in total. The molecule has 65 heavy (non-hydrogen) atoms.